The number of likely N-dealkylation sites (tertiary alicyclic amines) is 1. The third-order valence-corrected chi connectivity index (χ3v) is 4.88. The molecule has 1 aromatic heterocycles. The van der Waals surface area contributed by atoms with Crippen LogP contribution in [0.2, 0.25) is 0 Å². The van der Waals surface area contributed by atoms with Crippen LogP contribution < -0.4 is 4.90 Å². The van der Waals surface area contributed by atoms with Gasteiger partial charge in [0.15, 0.2) is 0 Å². The van der Waals surface area contributed by atoms with Gasteiger partial charge in [0, 0.05) is 31.9 Å². The molecule has 1 unspecified atom stereocenters. The molecule has 1 amide bonds. The van der Waals surface area contributed by atoms with Gasteiger partial charge >= 0.3 is 0 Å². The molecule has 1 atom stereocenters. The van der Waals surface area contributed by atoms with E-state index in [1.807, 2.05) is 23.1 Å². The molecule has 0 radical (unpaired) electrons. The van der Waals surface area contributed by atoms with Gasteiger partial charge in [0.1, 0.15) is 5.69 Å². The lowest BCUT2D eigenvalue weighted by atomic mass is 10.00. The number of carbonyl (C=O) groups excluding carboxylic acids is 1. The predicted octanol–water partition coefficient (Wildman–Crippen LogP) is 3.76. The number of aromatic nitrogens is 2. The van der Waals surface area contributed by atoms with Crippen LogP contribution in [0, 0.1) is 5.92 Å². The Bertz CT molecular complexity index is 732. The van der Waals surface area contributed by atoms with Crippen molar-refractivity contribution in [3.63, 3.8) is 0 Å². The third-order valence-electron chi connectivity index (χ3n) is 4.88. The van der Waals surface area contributed by atoms with Crippen molar-refractivity contribution in [3.05, 3.63) is 53.9 Å². The maximum absolute atomic E-state index is 12.9. The molecular formula is C21H28N4O. The normalized spacial score (nSPS) is 17.4. The van der Waals surface area contributed by atoms with Gasteiger partial charge in [-0.1, -0.05) is 37.3 Å². The van der Waals surface area contributed by atoms with Crippen molar-refractivity contribution in [1.82, 2.24) is 14.9 Å². The monoisotopic (exact) mass is 352 g/mol. The summed E-state index contributed by atoms with van der Waals surface area (Å²) in [6.45, 7) is 8.79. The van der Waals surface area contributed by atoms with E-state index in [2.05, 4.69) is 47.8 Å². The van der Waals surface area contributed by atoms with Crippen LogP contribution in [-0.2, 0) is 6.54 Å². The molecule has 138 valence electrons. The van der Waals surface area contributed by atoms with Crippen molar-refractivity contribution in [1.29, 1.82) is 0 Å². The molecule has 26 heavy (non-hydrogen) atoms. The molecular weight excluding hydrogens is 324 g/mol. The van der Waals surface area contributed by atoms with E-state index in [1.165, 1.54) is 12.0 Å². The van der Waals surface area contributed by atoms with Gasteiger partial charge in [0.25, 0.3) is 5.91 Å². The van der Waals surface area contributed by atoms with Crippen LogP contribution in [0.3, 0.4) is 0 Å². The zero-order valence-electron chi connectivity index (χ0n) is 15.9. The molecule has 1 saturated heterocycles. The molecule has 0 aliphatic carbocycles. The molecule has 0 spiro atoms. The average molecular weight is 352 g/mol. The van der Waals surface area contributed by atoms with Crippen molar-refractivity contribution >= 4 is 11.9 Å². The van der Waals surface area contributed by atoms with Gasteiger partial charge in [0.2, 0.25) is 5.95 Å². The van der Waals surface area contributed by atoms with Gasteiger partial charge in [0.05, 0.1) is 0 Å². The van der Waals surface area contributed by atoms with Crippen LogP contribution in [0.25, 0.3) is 0 Å². The highest BCUT2D eigenvalue weighted by atomic mass is 16.2. The minimum absolute atomic E-state index is 0.0172. The Labute approximate surface area is 156 Å². The molecule has 1 aliphatic heterocycles. The second-order valence-electron chi connectivity index (χ2n) is 7.45. The number of carbonyl (C=O) groups is 1. The summed E-state index contributed by atoms with van der Waals surface area (Å²) in [5.74, 6) is 1.18. The molecule has 1 fully saturated rings. The third kappa shape index (κ3) is 4.40. The quantitative estimate of drug-likeness (QED) is 0.822. The van der Waals surface area contributed by atoms with Crippen molar-refractivity contribution in [2.45, 2.75) is 46.2 Å². The summed E-state index contributed by atoms with van der Waals surface area (Å²) in [4.78, 5) is 26.0. The highest BCUT2D eigenvalue weighted by molar-refractivity contribution is 5.92. The van der Waals surface area contributed by atoms with Crippen LogP contribution in [0.1, 0.15) is 49.7 Å². The molecule has 0 saturated carbocycles. The fraction of sp³-hybridized carbons (Fsp3) is 0.476. The molecule has 2 heterocycles. The van der Waals surface area contributed by atoms with E-state index < -0.39 is 0 Å². The van der Waals surface area contributed by atoms with E-state index in [9.17, 15) is 4.79 Å². The number of benzene rings is 1. The largest absolute Gasteiger partial charge is 0.337 e. The zero-order chi connectivity index (χ0) is 18.5. The number of amides is 1. The smallest absolute Gasteiger partial charge is 0.272 e. The van der Waals surface area contributed by atoms with Crippen LogP contribution in [0.15, 0.2) is 42.6 Å². The lowest BCUT2D eigenvalue weighted by Gasteiger charge is -2.31. The SMILES string of the molecule is CC1CCCN(C(=O)c2ccnc(N(Cc3ccccc3)C(C)C)n2)C1. The standard InChI is InChI=1S/C21H28N4O/c1-16(2)25(15-18-9-5-4-6-10-18)21-22-12-11-19(23-21)20(26)24-13-7-8-17(3)14-24/h4-6,9-12,16-17H,7-8,13-15H2,1-3H3. The summed E-state index contributed by atoms with van der Waals surface area (Å²) >= 11 is 0. The fourth-order valence-corrected chi connectivity index (χ4v) is 3.41. The Balaban J connectivity index is 1.81. The van der Waals surface area contributed by atoms with Gasteiger partial charge in [-0.05, 0) is 44.2 Å². The summed E-state index contributed by atoms with van der Waals surface area (Å²) in [7, 11) is 0. The predicted molar refractivity (Wildman–Crippen MR) is 104 cm³/mol. The van der Waals surface area contributed by atoms with E-state index in [-0.39, 0.29) is 11.9 Å². The Kier molecular flexibility index (Phi) is 5.86. The lowest BCUT2D eigenvalue weighted by Crippen LogP contribution is -2.40. The molecule has 2 aromatic rings. The maximum atomic E-state index is 12.9. The first-order valence-electron chi connectivity index (χ1n) is 9.47. The highest BCUT2D eigenvalue weighted by Gasteiger charge is 2.24. The molecule has 0 N–H and O–H groups in total. The first kappa shape index (κ1) is 18.4. The first-order chi connectivity index (χ1) is 12.5. The number of piperidine rings is 1. The minimum Gasteiger partial charge on any atom is -0.337 e. The molecule has 5 heteroatoms. The van der Waals surface area contributed by atoms with Crippen LogP contribution >= 0.6 is 0 Å². The molecule has 5 nitrogen and oxygen atoms in total. The molecule has 3 rings (SSSR count). The Morgan fingerprint density at radius 3 is 2.73 bits per heavy atom. The number of hydrogen-bond donors (Lipinski definition) is 0. The fourth-order valence-electron chi connectivity index (χ4n) is 3.41. The molecule has 1 aliphatic rings. The van der Waals surface area contributed by atoms with Crippen LogP contribution in [-0.4, -0.2) is 39.9 Å². The summed E-state index contributed by atoms with van der Waals surface area (Å²) in [6.07, 6.45) is 3.96. The van der Waals surface area contributed by atoms with Crippen LogP contribution in [0.4, 0.5) is 5.95 Å². The Morgan fingerprint density at radius 1 is 1.27 bits per heavy atom. The Morgan fingerprint density at radius 2 is 2.04 bits per heavy atom. The van der Waals surface area contributed by atoms with Crippen molar-refractivity contribution in [2.24, 2.45) is 5.92 Å². The zero-order valence-corrected chi connectivity index (χ0v) is 15.9. The second kappa shape index (κ2) is 8.30. The summed E-state index contributed by atoms with van der Waals surface area (Å²) in [6, 6.07) is 12.2. The second-order valence-corrected chi connectivity index (χ2v) is 7.45. The van der Waals surface area contributed by atoms with Crippen LogP contribution in [0.5, 0.6) is 0 Å². The van der Waals surface area contributed by atoms with Crippen molar-refractivity contribution < 1.29 is 4.79 Å². The number of hydrogen-bond acceptors (Lipinski definition) is 4. The maximum Gasteiger partial charge on any atom is 0.272 e. The van der Waals surface area contributed by atoms with Gasteiger partial charge < -0.3 is 9.80 Å². The van der Waals surface area contributed by atoms with Crippen molar-refractivity contribution in [3.8, 4) is 0 Å². The number of nitrogens with zero attached hydrogens (tertiary/aromatic N) is 4. The van der Waals surface area contributed by atoms with Gasteiger partial charge in [-0.2, -0.15) is 0 Å². The molecule has 1 aromatic carbocycles. The average Bonchev–Trinajstić information content (AvgIpc) is 2.66. The van der Waals surface area contributed by atoms with E-state index in [0.29, 0.717) is 17.6 Å². The van der Waals surface area contributed by atoms with Gasteiger partial charge in [-0.15, -0.1) is 0 Å². The highest BCUT2D eigenvalue weighted by Crippen LogP contribution is 2.19. The summed E-state index contributed by atoms with van der Waals surface area (Å²) < 4.78 is 0. The van der Waals surface area contributed by atoms with Crippen molar-refractivity contribution in [2.75, 3.05) is 18.0 Å². The number of anilines is 1. The lowest BCUT2D eigenvalue weighted by molar-refractivity contribution is 0.0677. The first-order valence-corrected chi connectivity index (χ1v) is 9.47. The van der Waals surface area contributed by atoms with E-state index in [0.717, 1.165) is 26.1 Å². The van der Waals surface area contributed by atoms with Gasteiger partial charge in [-0.3, -0.25) is 4.79 Å². The topological polar surface area (TPSA) is 49.3 Å². The minimum atomic E-state index is 0.0172. The summed E-state index contributed by atoms with van der Waals surface area (Å²) in [5.41, 5.74) is 1.69. The van der Waals surface area contributed by atoms with Gasteiger partial charge in [-0.25, -0.2) is 9.97 Å². The summed E-state index contributed by atoms with van der Waals surface area (Å²) in [5, 5.41) is 0. The van der Waals surface area contributed by atoms with E-state index in [1.54, 1.807) is 12.3 Å². The Hall–Kier alpha value is -2.43. The molecule has 0 bridgehead atoms. The van der Waals surface area contributed by atoms with E-state index in [4.69, 9.17) is 0 Å². The van der Waals surface area contributed by atoms with E-state index >= 15 is 0 Å². The number of rotatable bonds is 5.